The Morgan fingerprint density at radius 2 is 2.16 bits per heavy atom. The zero-order valence-corrected chi connectivity index (χ0v) is 14.1. The molecule has 132 valence electrons. The first-order valence-electron chi connectivity index (χ1n) is 8.22. The number of nitrogens with zero attached hydrogens (tertiary/aromatic N) is 1. The van der Waals surface area contributed by atoms with Gasteiger partial charge in [-0.3, -0.25) is 0 Å². The molecule has 3 rings (SSSR count). The van der Waals surface area contributed by atoms with Crippen molar-refractivity contribution in [3.05, 3.63) is 48.5 Å². The first-order chi connectivity index (χ1) is 12.2. The van der Waals surface area contributed by atoms with Crippen molar-refractivity contribution in [1.29, 1.82) is 0 Å². The van der Waals surface area contributed by atoms with Crippen LogP contribution in [0.25, 0.3) is 11.1 Å². The number of urea groups is 1. The molecule has 1 fully saturated rings. The van der Waals surface area contributed by atoms with Crippen LogP contribution in [-0.4, -0.2) is 55.6 Å². The number of hydrogen-bond acceptors (Lipinski definition) is 4. The van der Waals surface area contributed by atoms with Gasteiger partial charge < -0.3 is 24.8 Å². The molecule has 2 amide bonds. The van der Waals surface area contributed by atoms with Crippen molar-refractivity contribution < 1.29 is 19.4 Å². The molecule has 2 N–H and O–H groups in total. The standard InChI is InChI=1S/C19H22N2O4/c1-24-16-6-4-5-14(11-16)17-7-2-3-8-18(17)20-19(23)21-9-10-25-13-15(21)12-22/h2-8,11,15,22H,9-10,12-13H2,1H3,(H,20,23)/t15-/m1/s1. The van der Waals surface area contributed by atoms with E-state index in [4.69, 9.17) is 9.47 Å². The second kappa shape index (κ2) is 8.00. The number of hydrogen-bond donors (Lipinski definition) is 2. The van der Waals surface area contributed by atoms with Crippen molar-refractivity contribution >= 4 is 11.7 Å². The lowest BCUT2D eigenvalue weighted by Crippen LogP contribution is -2.52. The van der Waals surface area contributed by atoms with Gasteiger partial charge in [-0.1, -0.05) is 30.3 Å². The third-order valence-electron chi connectivity index (χ3n) is 4.25. The van der Waals surface area contributed by atoms with E-state index in [0.717, 1.165) is 16.9 Å². The van der Waals surface area contributed by atoms with Gasteiger partial charge in [0.05, 0.1) is 38.7 Å². The van der Waals surface area contributed by atoms with E-state index < -0.39 is 0 Å². The van der Waals surface area contributed by atoms with E-state index >= 15 is 0 Å². The Morgan fingerprint density at radius 1 is 1.32 bits per heavy atom. The zero-order valence-electron chi connectivity index (χ0n) is 14.1. The largest absolute Gasteiger partial charge is 0.497 e. The molecule has 1 aliphatic rings. The van der Waals surface area contributed by atoms with Crippen LogP contribution in [0.5, 0.6) is 5.75 Å². The van der Waals surface area contributed by atoms with E-state index in [1.807, 2.05) is 48.5 Å². The van der Waals surface area contributed by atoms with Crippen molar-refractivity contribution in [3.8, 4) is 16.9 Å². The van der Waals surface area contributed by atoms with Crippen LogP contribution in [0, 0.1) is 0 Å². The van der Waals surface area contributed by atoms with Gasteiger partial charge in [-0.05, 0) is 23.8 Å². The number of amides is 2. The van der Waals surface area contributed by atoms with E-state index in [-0.39, 0.29) is 18.7 Å². The Labute approximate surface area is 147 Å². The maximum Gasteiger partial charge on any atom is 0.322 e. The summed E-state index contributed by atoms with van der Waals surface area (Å²) in [4.78, 5) is 14.3. The predicted octanol–water partition coefficient (Wildman–Crippen LogP) is 2.59. The minimum absolute atomic E-state index is 0.120. The number of aliphatic hydroxyl groups excluding tert-OH is 1. The number of rotatable bonds is 4. The SMILES string of the molecule is COc1cccc(-c2ccccc2NC(=O)N2CCOC[C@H]2CO)c1. The normalized spacial score (nSPS) is 17.2. The quantitative estimate of drug-likeness (QED) is 0.896. The highest BCUT2D eigenvalue weighted by Gasteiger charge is 2.27. The van der Waals surface area contributed by atoms with E-state index in [9.17, 15) is 9.90 Å². The number of anilines is 1. The van der Waals surface area contributed by atoms with Crippen molar-refractivity contribution in [1.82, 2.24) is 4.90 Å². The Bertz CT molecular complexity index is 735. The number of benzene rings is 2. The molecule has 1 heterocycles. The van der Waals surface area contributed by atoms with Crippen molar-refractivity contribution in [2.45, 2.75) is 6.04 Å². The smallest absolute Gasteiger partial charge is 0.322 e. The van der Waals surface area contributed by atoms with Crippen LogP contribution in [0.3, 0.4) is 0 Å². The molecular formula is C19H22N2O4. The average molecular weight is 342 g/mol. The summed E-state index contributed by atoms with van der Waals surface area (Å²) in [7, 11) is 1.63. The van der Waals surface area contributed by atoms with Crippen molar-refractivity contribution in [2.24, 2.45) is 0 Å². The van der Waals surface area contributed by atoms with Crippen LogP contribution < -0.4 is 10.1 Å². The lowest BCUT2D eigenvalue weighted by molar-refractivity contribution is -0.00484. The van der Waals surface area contributed by atoms with E-state index in [1.165, 1.54) is 0 Å². The monoisotopic (exact) mass is 342 g/mol. The van der Waals surface area contributed by atoms with E-state index in [1.54, 1.807) is 12.0 Å². The number of nitrogens with one attached hydrogen (secondary N) is 1. The number of morpholine rings is 1. The van der Waals surface area contributed by atoms with Crippen LogP contribution >= 0.6 is 0 Å². The third kappa shape index (κ3) is 3.92. The van der Waals surface area contributed by atoms with Crippen molar-refractivity contribution in [2.75, 3.05) is 38.8 Å². The molecule has 0 spiro atoms. The molecule has 0 aliphatic carbocycles. The summed E-state index contributed by atoms with van der Waals surface area (Å²) in [6.07, 6.45) is 0. The van der Waals surface area contributed by atoms with Gasteiger partial charge in [-0.2, -0.15) is 0 Å². The molecule has 6 nitrogen and oxygen atoms in total. The fourth-order valence-electron chi connectivity index (χ4n) is 2.89. The fraction of sp³-hybridized carbons (Fsp3) is 0.316. The number of methoxy groups -OCH3 is 1. The molecule has 0 saturated carbocycles. The molecule has 0 radical (unpaired) electrons. The van der Waals surface area contributed by atoms with Gasteiger partial charge in [0.25, 0.3) is 0 Å². The molecular weight excluding hydrogens is 320 g/mol. The third-order valence-corrected chi connectivity index (χ3v) is 4.25. The summed E-state index contributed by atoms with van der Waals surface area (Å²) < 4.78 is 10.6. The highest BCUT2D eigenvalue weighted by molar-refractivity contribution is 5.94. The minimum Gasteiger partial charge on any atom is -0.497 e. The number of carbonyl (C=O) groups is 1. The number of para-hydroxylation sites is 1. The van der Waals surface area contributed by atoms with Gasteiger partial charge in [0.1, 0.15) is 5.75 Å². The molecule has 2 aromatic rings. The molecule has 2 aromatic carbocycles. The Kier molecular flexibility index (Phi) is 5.53. The number of ether oxygens (including phenoxy) is 2. The summed E-state index contributed by atoms with van der Waals surface area (Å²) in [5, 5.41) is 12.4. The summed E-state index contributed by atoms with van der Waals surface area (Å²) >= 11 is 0. The molecule has 1 saturated heterocycles. The number of carbonyl (C=O) groups excluding carboxylic acids is 1. The zero-order chi connectivity index (χ0) is 17.6. The molecule has 1 atom stereocenters. The van der Waals surface area contributed by atoms with E-state index in [0.29, 0.717) is 25.4 Å². The fourth-order valence-corrected chi connectivity index (χ4v) is 2.89. The maximum absolute atomic E-state index is 12.7. The summed E-state index contributed by atoms with van der Waals surface area (Å²) in [5.74, 6) is 0.757. The molecule has 1 aliphatic heterocycles. The predicted molar refractivity (Wildman–Crippen MR) is 95.8 cm³/mol. The number of aliphatic hydroxyl groups is 1. The highest BCUT2D eigenvalue weighted by atomic mass is 16.5. The highest BCUT2D eigenvalue weighted by Crippen LogP contribution is 2.30. The first-order valence-corrected chi connectivity index (χ1v) is 8.22. The second-order valence-electron chi connectivity index (χ2n) is 5.81. The Morgan fingerprint density at radius 3 is 2.96 bits per heavy atom. The minimum atomic E-state index is -0.322. The molecule has 0 unspecified atom stereocenters. The summed E-state index contributed by atoms with van der Waals surface area (Å²) in [6.45, 7) is 1.16. The van der Waals surface area contributed by atoms with Gasteiger partial charge in [-0.25, -0.2) is 4.79 Å². The summed E-state index contributed by atoms with van der Waals surface area (Å²) in [5.41, 5.74) is 2.57. The average Bonchev–Trinajstić information content (AvgIpc) is 2.68. The van der Waals surface area contributed by atoms with Crippen LogP contribution in [0.4, 0.5) is 10.5 Å². The molecule has 6 heteroatoms. The van der Waals surface area contributed by atoms with Crippen LogP contribution in [0.1, 0.15) is 0 Å². The lowest BCUT2D eigenvalue weighted by Gasteiger charge is -2.34. The van der Waals surface area contributed by atoms with Gasteiger partial charge in [-0.15, -0.1) is 0 Å². The Hall–Kier alpha value is -2.57. The van der Waals surface area contributed by atoms with Gasteiger partial charge in [0.15, 0.2) is 0 Å². The Balaban J connectivity index is 1.84. The summed E-state index contributed by atoms with van der Waals surface area (Å²) in [6, 6.07) is 14.7. The van der Waals surface area contributed by atoms with Crippen LogP contribution in [0.15, 0.2) is 48.5 Å². The lowest BCUT2D eigenvalue weighted by atomic mass is 10.0. The van der Waals surface area contributed by atoms with Gasteiger partial charge >= 0.3 is 6.03 Å². The molecule has 0 bridgehead atoms. The first kappa shape index (κ1) is 17.3. The van der Waals surface area contributed by atoms with Crippen LogP contribution in [-0.2, 0) is 4.74 Å². The molecule has 25 heavy (non-hydrogen) atoms. The van der Waals surface area contributed by atoms with Crippen molar-refractivity contribution in [3.63, 3.8) is 0 Å². The van der Waals surface area contributed by atoms with E-state index in [2.05, 4.69) is 5.32 Å². The maximum atomic E-state index is 12.7. The van der Waals surface area contributed by atoms with Gasteiger partial charge in [0.2, 0.25) is 0 Å². The van der Waals surface area contributed by atoms with Crippen LogP contribution in [0.2, 0.25) is 0 Å². The van der Waals surface area contributed by atoms with Gasteiger partial charge in [0, 0.05) is 12.1 Å². The molecule has 0 aromatic heterocycles. The topological polar surface area (TPSA) is 71.0 Å². The second-order valence-corrected chi connectivity index (χ2v) is 5.81.